The Morgan fingerprint density at radius 1 is 1.18 bits per heavy atom. The molecule has 3 heterocycles. The molecule has 1 atom stereocenters. The van der Waals surface area contributed by atoms with Crippen LogP contribution in [0.25, 0.3) is 21.8 Å². The highest BCUT2D eigenvalue weighted by atomic mass is 16.7. The minimum absolute atomic E-state index is 0. The molecule has 0 spiro atoms. The average molecular weight is 465 g/mol. The van der Waals surface area contributed by atoms with E-state index in [0.717, 1.165) is 16.5 Å². The number of aliphatic carboxylic acids is 1. The number of aryl methyl sites for hydroxylation is 1. The summed E-state index contributed by atoms with van der Waals surface area (Å²) in [5.74, 6) is -0.962. The molecule has 0 radical (unpaired) electrons. The van der Waals surface area contributed by atoms with Gasteiger partial charge in [0.15, 0.2) is 11.5 Å². The molecular formula is C24H23N3O7. The van der Waals surface area contributed by atoms with Crippen molar-refractivity contribution in [2.24, 2.45) is 0 Å². The fraction of sp³-hybridized carbons (Fsp3) is 0.208. The van der Waals surface area contributed by atoms with Crippen LogP contribution in [-0.2, 0) is 17.8 Å². The number of para-hydroxylation sites is 1. The Balaban J connectivity index is 0.00000274. The number of rotatable bonds is 6. The van der Waals surface area contributed by atoms with Gasteiger partial charge in [-0.2, -0.15) is 0 Å². The molecule has 1 aliphatic heterocycles. The van der Waals surface area contributed by atoms with Crippen molar-refractivity contribution in [3.63, 3.8) is 0 Å². The first-order valence-corrected chi connectivity index (χ1v) is 10.5. The number of H-pyrrole nitrogens is 1. The number of fused-ring (bicyclic) bond motifs is 3. The third-order valence-electron chi connectivity index (χ3n) is 5.86. The molecule has 0 fully saturated rings. The summed E-state index contributed by atoms with van der Waals surface area (Å²) in [5, 5.41) is 13.5. The number of hydrogen-bond acceptors (Lipinski definition) is 5. The first-order chi connectivity index (χ1) is 16.0. The van der Waals surface area contributed by atoms with Crippen LogP contribution >= 0.6 is 0 Å². The number of aromatic nitrogens is 2. The summed E-state index contributed by atoms with van der Waals surface area (Å²) in [5.41, 5.74) is 1.62. The number of ether oxygens (including phenoxy) is 2. The second-order valence-corrected chi connectivity index (χ2v) is 7.81. The molecule has 2 aromatic carbocycles. The van der Waals surface area contributed by atoms with E-state index in [2.05, 4.69) is 10.3 Å². The Hall–Kier alpha value is -4.31. The molecule has 5 N–H and O–H groups in total. The lowest BCUT2D eigenvalue weighted by atomic mass is 10.0. The van der Waals surface area contributed by atoms with Crippen LogP contribution in [0.3, 0.4) is 0 Å². The number of carboxylic acids is 1. The maximum atomic E-state index is 13.2. The van der Waals surface area contributed by atoms with E-state index in [-0.39, 0.29) is 24.3 Å². The topological polar surface area (TPSA) is 154 Å². The molecular weight excluding hydrogens is 442 g/mol. The molecule has 2 aromatic heterocycles. The lowest BCUT2D eigenvalue weighted by Gasteiger charge is -2.16. The van der Waals surface area contributed by atoms with Crippen molar-refractivity contribution in [3.8, 4) is 11.5 Å². The van der Waals surface area contributed by atoms with E-state index in [4.69, 9.17) is 9.47 Å². The van der Waals surface area contributed by atoms with Crippen LogP contribution < -0.4 is 20.2 Å². The molecule has 1 aliphatic rings. The van der Waals surface area contributed by atoms with Gasteiger partial charge in [-0.15, -0.1) is 0 Å². The lowest BCUT2D eigenvalue weighted by Crippen LogP contribution is -2.43. The van der Waals surface area contributed by atoms with Crippen molar-refractivity contribution in [2.45, 2.75) is 25.9 Å². The van der Waals surface area contributed by atoms with Gasteiger partial charge in [-0.05, 0) is 24.6 Å². The van der Waals surface area contributed by atoms with Crippen molar-refractivity contribution in [3.05, 3.63) is 70.1 Å². The number of aromatic amines is 1. The van der Waals surface area contributed by atoms with Gasteiger partial charge in [-0.25, -0.2) is 4.79 Å². The SMILES string of the molecule is CCn1cc(C(=O)N[C@H](Cc2c[nH]c3ccccc23)C(=O)O)c(=O)c2cc3c(cc21)OCO3.O. The van der Waals surface area contributed by atoms with Gasteiger partial charge in [-0.3, -0.25) is 9.59 Å². The maximum Gasteiger partial charge on any atom is 0.326 e. The van der Waals surface area contributed by atoms with Crippen molar-refractivity contribution < 1.29 is 29.6 Å². The van der Waals surface area contributed by atoms with Crippen LogP contribution in [0.5, 0.6) is 11.5 Å². The van der Waals surface area contributed by atoms with E-state index in [1.54, 1.807) is 22.9 Å². The summed E-state index contributed by atoms with van der Waals surface area (Å²) in [4.78, 5) is 41.3. The lowest BCUT2D eigenvalue weighted by molar-refractivity contribution is -0.139. The van der Waals surface area contributed by atoms with Gasteiger partial charge in [0.25, 0.3) is 5.91 Å². The van der Waals surface area contributed by atoms with Crippen LogP contribution in [0.1, 0.15) is 22.8 Å². The number of nitrogens with one attached hydrogen (secondary N) is 2. The van der Waals surface area contributed by atoms with Gasteiger partial charge >= 0.3 is 5.97 Å². The molecule has 10 nitrogen and oxygen atoms in total. The molecule has 0 aliphatic carbocycles. The largest absolute Gasteiger partial charge is 0.480 e. The molecule has 0 saturated heterocycles. The first-order valence-electron chi connectivity index (χ1n) is 10.5. The quantitative estimate of drug-likeness (QED) is 0.395. The summed E-state index contributed by atoms with van der Waals surface area (Å²) in [6.07, 6.45) is 3.25. The number of pyridine rings is 1. The van der Waals surface area contributed by atoms with E-state index < -0.39 is 23.3 Å². The minimum Gasteiger partial charge on any atom is -0.480 e. The average Bonchev–Trinajstić information content (AvgIpc) is 3.44. The number of hydrogen-bond donors (Lipinski definition) is 3. The molecule has 0 unspecified atom stereocenters. The predicted molar refractivity (Wildman–Crippen MR) is 125 cm³/mol. The highest BCUT2D eigenvalue weighted by Crippen LogP contribution is 2.35. The highest BCUT2D eigenvalue weighted by Gasteiger charge is 2.25. The van der Waals surface area contributed by atoms with Crippen molar-refractivity contribution in [1.82, 2.24) is 14.9 Å². The molecule has 0 saturated carbocycles. The third kappa shape index (κ3) is 3.84. The Morgan fingerprint density at radius 2 is 1.91 bits per heavy atom. The fourth-order valence-electron chi connectivity index (χ4n) is 4.16. The van der Waals surface area contributed by atoms with Crippen LogP contribution in [0.2, 0.25) is 0 Å². The summed E-state index contributed by atoms with van der Waals surface area (Å²) < 4.78 is 12.5. The molecule has 34 heavy (non-hydrogen) atoms. The Labute approximate surface area is 193 Å². The molecule has 176 valence electrons. The number of carbonyl (C=O) groups is 2. The standard InChI is InChI=1S/C24H21N3O6.H2O/c1-2-27-11-16(22(28)15-8-20-21(9-19(15)27)33-12-32-20)23(29)26-18(24(30)31)7-13-10-25-17-6-4-3-5-14(13)17;/h3-6,8-11,18,25H,2,7,12H2,1H3,(H,26,29)(H,30,31);1H2/t18-;/m1./s1. The van der Waals surface area contributed by atoms with Gasteiger partial charge < -0.3 is 34.9 Å². The van der Waals surface area contributed by atoms with E-state index in [1.807, 2.05) is 31.2 Å². The molecule has 0 bridgehead atoms. The van der Waals surface area contributed by atoms with Crippen LogP contribution in [0.15, 0.2) is 53.6 Å². The first kappa shape index (κ1) is 22.9. The van der Waals surface area contributed by atoms with E-state index in [0.29, 0.717) is 28.9 Å². The summed E-state index contributed by atoms with van der Waals surface area (Å²) >= 11 is 0. The van der Waals surface area contributed by atoms with Gasteiger partial charge in [0.05, 0.1) is 10.9 Å². The van der Waals surface area contributed by atoms with Gasteiger partial charge in [0.1, 0.15) is 11.6 Å². The zero-order chi connectivity index (χ0) is 23.1. The Morgan fingerprint density at radius 3 is 2.65 bits per heavy atom. The van der Waals surface area contributed by atoms with Crippen LogP contribution in [0, 0.1) is 0 Å². The monoisotopic (exact) mass is 465 g/mol. The molecule has 4 aromatic rings. The molecule has 1 amide bonds. The minimum atomic E-state index is -1.21. The highest BCUT2D eigenvalue weighted by molar-refractivity contribution is 5.99. The normalized spacial score (nSPS) is 13.0. The van der Waals surface area contributed by atoms with Gasteiger partial charge in [0.2, 0.25) is 12.2 Å². The number of amides is 1. The Kier molecular flexibility index (Phi) is 5.99. The summed E-state index contributed by atoms with van der Waals surface area (Å²) in [6, 6.07) is 9.58. The van der Waals surface area contributed by atoms with Crippen molar-refractivity contribution in [1.29, 1.82) is 0 Å². The molecule has 10 heteroatoms. The zero-order valence-electron chi connectivity index (χ0n) is 18.3. The summed E-state index contributed by atoms with van der Waals surface area (Å²) in [6.45, 7) is 2.44. The maximum absolute atomic E-state index is 13.2. The van der Waals surface area contributed by atoms with Crippen molar-refractivity contribution in [2.75, 3.05) is 6.79 Å². The molecule has 5 rings (SSSR count). The number of benzene rings is 2. The van der Waals surface area contributed by atoms with Crippen LogP contribution in [-0.4, -0.2) is 44.8 Å². The van der Waals surface area contributed by atoms with Crippen LogP contribution in [0.4, 0.5) is 0 Å². The smallest absolute Gasteiger partial charge is 0.326 e. The second kappa shape index (κ2) is 8.91. The van der Waals surface area contributed by atoms with Crippen molar-refractivity contribution >= 4 is 33.7 Å². The van der Waals surface area contributed by atoms with E-state index in [1.165, 1.54) is 6.20 Å². The van der Waals surface area contributed by atoms with E-state index >= 15 is 0 Å². The Bertz CT molecular complexity index is 1470. The summed E-state index contributed by atoms with van der Waals surface area (Å²) in [7, 11) is 0. The van der Waals surface area contributed by atoms with Gasteiger partial charge in [-0.1, -0.05) is 18.2 Å². The number of carboxylic acid groups (broad SMARTS) is 1. The third-order valence-corrected chi connectivity index (χ3v) is 5.86. The number of nitrogens with zero attached hydrogens (tertiary/aromatic N) is 1. The zero-order valence-corrected chi connectivity index (χ0v) is 18.3. The predicted octanol–water partition coefficient (Wildman–Crippen LogP) is 1.83. The van der Waals surface area contributed by atoms with Gasteiger partial charge in [0, 0.05) is 42.3 Å². The van der Waals surface area contributed by atoms with E-state index in [9.17, 15) is 19.5 Å². The number of carbonyl (C=O) groups excluding carboxylic acids is 1. The fourth-order valence-corrected chi connectivity index (χ4v) is 4.16. The second-order valence-electron chi connectivity index (χ2n) is 7.81.